The molecule has 1 aliphatic rings. The largest absolute Gasteiger partial charge is 0.396 e. The van der Waals surface area contributed by atoms with Crippen LogP contribution >= 0.6 is 22.6 Å². The molecule has 0 spiro atoms. The summed E-state index contributed by atoms with van der Waals surface area (Å²) in [6.07, 6.45) is 3.44. The number of aromatic amines is 1. The third-order valence-corrected chi connectivity index (χ3v) is 3.86. The van der Waals surface area contributed by atoms with Crippen molar-refractivity contribution in [2.75, 3.05) is 6.61 Å². The van der Waals surface area contributed by atoms with Gasteiger partial charge in [-0.2, -0.15) is 0 Å². The molecule has 104 valence electrons. The maximum absolute atomic E-state index is 11.8. The smallest absolute Gasteiger partial charge is 0.328 e. The van der Waals surface area contributed by atoms with Crippen molar-refractivity contribution < 1.29 is 10.2 Å². The fourth-order valence-corrected chi connectivity index (χ4v) is 2.84. The Morgan fingerprint density at radius 1 is 1.47 bits per heavy atom. The van der Waals surface area contributed by atoms with Crippen LogP contribution in [0.4, 0.5) is 0 Å². The number of hydrogen-bond donors (Lipinski definition) is 3. The van der Waals surface area contributed by atoms with Gasteiger partial charge in [-0.05, 0) is 23.0 Å². The third kappa shape index (κ3) is 2.98. The van der Waals surface area contributed by atoms with Gasteiger partial charge in [-0.1, -0.05) is 22.6 Å². The zero-order valence-corrected chi connectivity index (χ0v) is 12.3. The van der Waals surface area contributed by atoms with Crippen LogP contribution in [0.25, 0.3) is 6.08 Å². The Hall–Kier alpha value is -0.930. The fraction of sp³-hybridized carbons (Fsp3) is 0.500. The number of aromatic nitrogens is 2. The average molecular weight is 378 g/mol. The van der Waals surface area contributed by atoms with Crippen LogP contribution in [0.3, 0.4) is 0 Å². The zero-order valence-electron chi connectivity index (χ0n) is 10.1. The van der Waals surface area contributed by atoms with Gasteiger partial charge in [0.15, 0.2) is 0 Å². The summed E-state index contributed by atoms with van der Waals surface area (Å²) in [5, 5.41) is 18.9. The molecule has 1 fully saturated rings. The first-order valence-electron chi connectivity index (χ1n) is 5.98. The summed E-state index contributed by atoms with van der Waals surface area (Å²) < 4.78 is 3.13. The summed E-state index contributed by atoms with van der Waals surface area (Å²) in [4.78, 5) is 25.7. The standard InChI is InChI=1S/C12H15IN2O4/c13-2-1-7-5-15(12(19)14-11(7)18)9-3-8(6-16)10(17)4-9/h1-2,5,8-10,16-17H,3-4,6H2,(H,14,18,19)/b2-1+/t8-,9-,10+/m0/s1. The minimum atomic E-state index is -0.614. The van der Waals surface area contributed by atoms with Crippen LogP contribution in [-0.4, -0.2) is 32.5 Å². The number of nitrogens with zero attached hydrogens (tertiary/aromatic N) is 1. The van der Waals surface area contributed by atoms with Gasteiger partial charge >= 0.3 is 5.69 Å². The number of halogens is 1. The van der Waals surface area contributed by atoms with Gasteiger partial charge in [0, 0.05) is 24.8 Å². The van der Waals surface area contributed by atoms with Crippen LogP contribution in [-0.2, 0) is 0 Å². The first kappa shape index (κ1) is 14.5. The Balaban J connectivity index is 2.38. The predicted molar refractivity (Wildman–Crippen MR) is 79.2 cm³/mol. The summed E-state index contributed by atoms with van der Waals surface area (Å²) in [5.41, 5.74) is -0.506. The Morgan fingerprint density at radius 3 is 2.79 bits per heavy atom. The second-order valence-electron chi connectivity index (χ2n) is 4.68. The maximum atomic E-state index is 11.8. The molecule has 1 aliphatic carbocycles. The van der Waals surface area contributed by atoms with E-state index in [1.165, 1.54) is 10.8 Å². The highest BCUT2D eigenvalue weighted by molar-refractivity contribution is 14.1. The number of hydrogen-bond acceptors (Lipinski definition) is 4. The SMILES string of the molecule is O=c1[nH]c(=O)n([C@H]2C[C@@H](CO)[C@H](O)C2)cc1/C=C/I. The Morgan fingerprint density at radius 2 is 2.21 bits per heavy atom. The van der Waals surface area contributed by atoms with E-state index in [1.807, 2.05) is 22.6 Å². The van der Waals surface area contributed by atoms with E-state index < -0.39 is 17.4 Å². The van der Waals surface area contributed by atoms with Crippen LogP contribution < -0.4 is 11.2 Å². The van der Waals surface area contributed by atoms with Crippen LogP contribution in [0.2, 0.25) is 0 Å². The Labute approximate surface area is 122 Å². The molecule has 1 aromatic heterocycles. The molecule has 0 aliphatic heterocycles. The molecule has 0 aromatic carbocycles. The highest BCUT2D eigenvalue weighted by Crippen LogP contribution is 2.33. The lowest BCUT2D eigenvalue weighted by atomic mass is 10.1. The van der Waals surface area contributed by atoms with E-state index in [4.69, 9.17) is 5.11 Å². The molecule has 1 saturated carbocycles. The van der Waals surface area contributed by atoms with Gasteiger partial charge < -0.3 is 10.2 Å². The van der Waals surface area contributed by atoms with Gasteiger partial charge in [-0.15, -0.1) is 0 Å². The minimum Gasteiger partial charge on any atom is -0.396 e. The fourth-order valence-electron chi connectivity index (χ4n) is 2.46. The molecule has 19 heavy (non-hydrogen) atoms. The highest BCUT2D eigenvalue weighted by Gasteiger charge is 2.34. The molecule has 3 atom stereocenters. The zero-order chi connectivity index (χ0) is 14.0. The lowest BCUT2D eigenvalue weighted by molar-refractivity contribution is 0.0906. The predicted octanol–water partition coefficient (Wildman–Crippen LogP) is 0.247. The summed E-state index contributed by atoms with van der Waals surface area (Å²) in [6, 6.07) is -0.196. The molecule has 1 heterocycles. The van der Waals surface area contributed by atoms with Gasteiger partial charge in [-0.3, -0.25) is 14.3 Å². The van der Waals surface area contributed by atoms with Crippen LogP contribution in [0.15, 0.2) is 19.9 Å². The van der Waals surface area contributed by atoms with E-state index in [2.05, 4.69) is 4.98 Å². The monoisotopic (exact) mass is 378 g/mol. The Kier molecular flexibility index (Phi) is 4.58. The van der Waals surface area contributed by atoms with Crippen molar-refractivity contribution in [1.29, 1.82) is 0 Å². The number of H-pyrrole nitrogens is 1. The van der Waals surface area contributed by atoms with Crippen LogP contribution in [0.5, 0.6) is 0 Å². The number of aliphatic hydroxyl groups excluding tert-OH is 2. The van der Waals surface area contributed by atoms with Crippen LogP contribution in [0.1, 0.15) is 24.4 Å². The van der Waals surface area contributed by atoms with Gasteiger partial charge in [0.2, 0.25) is 0 Å². The molecule has 0 radical (unpaired) electrons. The first-order valence-corrected chi connectivity index (χ1v) is 7.22. The van der Waals surface area contributed by atoms with Gasteiger partial charge in [0.25, 0.3) is 5.56 Å². The van der Waals surface area contributed by atoms with E-state index in [0.29, 0.717) is 18.4 Å². The van der Waals surface area contributed by atoms with Crippen molar-refractivity contribution in [1.82, 2.24) is 9.55 Å². The number of rotatable bonds is 3. The maximum Gasteiger partial charge on any atom is 0.328 e. The molecule has 0 unspecified atom stereocenters. The highest BCUT2D eigenvalue weighted by atomic mass is 127. The molecule has 0 amide bonds. The van der Waals surface area contributed by atoms with E-state index in [9.17, 15) is 14.7 Å². The summed E-state index contributed by atoms with van der Waals surface area (Å²) in [6.45, 7) is -0.101. The van der Waals surface area contributed by atoms with E-state index in [-0.39, 0.29) is 18.6 Å². The van der Waals surface area contributed by atoms with Crippen molar-refractivity contribution in [2.24, 2.45) is 5.92 Å². The third-order valence-electron chi connectivity index (χ3n) is 3.50. The average Bonchev–Trinajstić information content (AvgIpc) is 2.74. The van der Waals surface area contributed by atoms with E-state index in [1.54, 1.807) is 10.2 Å². The minimum absolute atomic E-state index is 0.101. The quantitative estimate of drug-likeness (QED) is 0.657. The summed E-state index contributed by atoms with van der Waals surface area (Å²) in [5.74, 6) is -0.215. The second kappa shape index (κ2) is 6.02. The summed E-state index contributed by atoms with van der Waals surface area (Å²) >= 11 is 2.00. The molecule has 1 aromatic rings. The molecule has 6 nitrogen and oxygen atoms in total. The molecular formula is C12H15IN2O4. The van der Waals surface area contributed by atoms with Crippen molar-refractivity contribution in [3.63, 3.8) is 0 Å². The second-order valence-corrected chi connectivity index (χ2v) is 5.40. The molecule has 7 heteroatoms. The lowest BCUT2D eigenvalue weighted by Gasteiger charge is -2.13. The van der Waals surface area contributed by atoms with Crippen molar-refractivity contribution in [3.8, 4) is 0 Å². The lowest BCUT2D eigenvalue weighted by Crippen LogP contribution is -2.32. The van der Waals surface area contributed by atoms with Gasteiger partial charge in [-0.25, -0.2) is 4.79 Å². The number of nitrogens with one attached hydrogen (secondary N) is 1. The normalized spacial score (nSPS) is 27.2. The molecule has 2 rings (SSSR count). The molecule has 3 N–H and O–H groups in total. The van der Waals surface area contributed by atoms with Crippen LogP contribution in [0, 0.1) is 5.92 Å². The van der Waals surface area contributed by atoms with Gasteiger partial charge in [0.05, 0.1) is 11.7 Å². The molecule has 0 bridgehead atoms. The molecule has 0 saturated heterocycles. The summed E-state index contributed by atoms with van der Waals surface area (Å²) in [7, 11) is 0. The topological polar surface area (TPSA) is 95.3 Å². The van der Waals surface area contributed by atoms with Gasteiger partial charge in [0.1, 0.15) is 0 Å². The Bertz CT molecular complexity index is 592. The molecular weight excluding hydrogens is 363 g/mol. The van der Waals surface area contributed by atoms with Crippen molar-refractivity contribution in [3.05, 3.63) is 36.7 Å². The van der Waals surface area contributed by atoms with E-state index >= 15 is 0 Å². The first-order chi connectivity index (χ1) is 9.06. The van der Waals surface area contributed by atoms with E-state index in [0.717, 1.165) is 0 Å². The van der Waals surface area contributed by atoms with Crippen molar-refractivity contribution >= 4 is 28.7 Å². The number of aliphatic hydroxyl groups is 2. The van der Waals surface area contributed by atoms with Crippen molar-refractivity contribution in [2.45, 2.75) is 25.0 Å².